The number of benzene rings is 4. The van der Waals surface area contributed by atoms with Gasteiger partial charge in [-0.25, -0.2) is 14.1 Å². The van der Waals surface area contributed by atoms with Crippen LogP contribution in [0, 0.1) is 5.82 Å². The average molecular weight is 644 g/mol. The van der Waals surface area contributed by atoms with Crippen LogP contribution in [0.3, 0.4) is 0 Å². The number of rotatable bonds is 11. The summed E-state index contributed by atoms with van der Waals surface area (Å²) in [6.45, 7) is 1.73. The predicted molar refractivity (Wildman–Crippen MR) is 169 cm³/mol. The van der Waals surface area contributed by atoms with Crippen molar-refractivity contribution in [1.29, 1.82) is 0 Å². The average Bonchev–Trinajstić information content (AvgIpc) is 3.04. The minimum atomic E-state index is -0.907. The molecule has 1 aliphatic heterocycles. The van der Waals surface area contributed by atoms with E-state index < -0.39 is 36.2 Å². The lowest BCUT2D eigenvalue weighted by atomic mass is 10.1. The number of carbonyl (C=O) groups is 4. The highest BCUT2D eigenvalue weighted by molar-refractivity contribution is 6.39. The second kappa shape index (κ2) is 14.4. The first-order chi connectivity index (χ1) is 22.2. The Labute approximate surface area is 268 Å². The van der Waals surface area contributed by atoms with Crippen LogP contribution in [0.15, 0.2) is 96.6 Å². The van der Waals surface area contributed by atoms with E-state index in [1.807, 2.05) is 30.3 Å². The Bertz CT molecular complexity index is 1810. The first kappa shape index (κ1) is 31.7. The van der Waals surface area contributed by atoms with Crippen molar-refractivity contribution < 1.29 is 37.8 Å². The third kappa shape index (κ3) is 7.51. The number of amides is 5. The van der Waals surface area contributed by atoms with Crippen molar-refractivity contribution in [3.05, 3.63) is 119 Å². The number of nitrogens with one attached hydrogen (secondary N) is 2. The Hall–Kier alpha value is -5.68. The Morgan fingerprint density at radius 1 is 0.935 bits per heavy atom. The topological polar surface area (TPSA) is 123 Å². The lowest BCUT2D eigenvalue weighted by Crippen LogP contribution is -2.54. The maximum Gasteiger partial charge on any atom is 0.335 e. The van der Waals surface area contributed by atoms with E-state index >= 15 is 0 Å². The van der Waals surface area contributed by atoms with Gasteiger partial charge in [-0.15, -0.1) is 0 Å². The number of ether oxygens (including phenoxy) is 3. The second-order valence-electron chi connectivity index (χ2n) is 9.81. The first-order valence-corrected chi connectivity index (χ1v) is 14.4. The fraction of sp³-hybridized carbons (Fsp3) is 0.118. The van der Waals surface area contributed by atoms with Crippen molar-refractivity contribution >= 4 is 52.8 Å². The number of anilines is 2. The number of imide groups is 2. The van der Waals surface area contributed by atoms with Crippen molar-refractivity contribution in [2.45, 2.75) is 13.5 Å². The van der Waals surface area contributed by atoms with Gasteiger partial charge in [0.15, 0.2) is 18.1 Å². The molecule has 1 heterocycles. The second-order valence-corrected chi connectivity index (χ2v) is 10.2. The Morgan fingerprint density at radius 2 is 1.65 bits per heavy atom. The molecule has 1 fully saturated rings. The van der Waals surface area contributed by atoms with Gasteiger partial charge in [-0.2, -0.15) is 0 Å². The van der Waals surface area contributed by atoms with Gasteiger partial charge in [-0.1, -0.05) is 54.1 Å². The van der Waals surface area contributed by atoms with Crippen LogP contribution in [0.2, 0.25) is 5.02 Å². The van der Waals surface area contributed by atoms with Crippen LogP contribution in [-0.4, -0.2) is 37.0 Å². The molecule has 0 bridgehead atoms. The number of carbonyl (C=O) groups excluding carboxylic acids is 4. The van der Waals surface area contributed by atoms with Crippen LogP contribution in [0.25, 0.3) is 6.08 Å². The standard InChI is InChI=1S/C34H27ClFN3O7/c1-2-44-29-18-22(17-26(35)31(29)46-20-30(40)37-28-11-7-6-10-27(28)36)16-25-32(41)38-34(43)39(33(25)42)23-12-14-24(15-13-23)45-19-21-8-4-3-5-9-21/h3-18H,2,19-20H2,1H3,(H,37,40)(H,38,41,43)/b25-16-. The van der Waals surface area contributed by atoms with Crippen LogP contribution in [0.5, 0.6) is 17.2 Å². The number of hydrogen-bond acceptors (Lipinski definition) is 7. The summed E-state index contributed by atoms with van der Waals surface area (Å²) in [5.41, 5.74) is 1.14. The quantitative estimate of drug-likeness (QED) is 0.149. The van der Waals surface area contributed by atoms with Gasteiger partial charge in [0.25, 0.3) is 17.7 Å². The summed E-state index contributed by atoms with van der Waals surface area (Å²) in [6.07, 6.45) is 1.26. The monoisotopic (exact) mass is 643 g/mol. The zero-order chi connectivity index (χ0) is 32.6. The Balaban J connectivity index is 1.32. The molecule has 0 unspecified atom stereocenters. The molecule has 5 rings (SSSR count). The fourth-order valence-corrected chi connectivity index (χ4v) is 4.73. The molecule has 234 valence electrons. The highest BCUT2D eigenvalue weighted by atomic mass is 35.5. The zero-order valence-corrected chi connectivity index (χ0v) is 25.2. The molecule has 2 N–H and O–H groups in total. The van der Waals surface area contributed by atoms with Crippen LogP contribution in [0.4, 0.5) is 20.6 Å². The Kier molecular flexibility index (Phi) is 9.94. The molecule has 46 heavy (non-hydrogen) atoms. The number of hydrogen-bond donors (Lipinski definition) is 2. The molecule has 0 radical (unpaired) electrons. The minimum Gasteiger partial charge on any atom is -0.490 e. The third-order valence-electron chi connectivity index (χ3n) is 6.58. The van der Waals surface area contributed by atoms with E-state index in [4.69, 9.17) is 25.8 Å². The molecule has 0 aliphatic carbocycles. The van der Waals surface area contributed by atoms with E-state index in [0.717, 1.165) is 10.5 Å². The van der Waals surface area contributed by atoms with Gasteiger partial charge >= 0.3 is 6.03 Å². The van der Waals surface area contributed by atoms with Crippen molar-refractivity contribution in [2.24, 2.45) is 0 Å². The molecule has 0 atom stereocenters. The van der Waals surface area contributed by atoms with E-state index in [-0.39, 0.29) is 45.6 Å². The van der Waals surface area contributed by atoms with E-state index in [1.54, 1.807) is 25.1 Å². The molecule has 0 aromatic heterocycles. The maximum absolute atomic E-state index is 13.9. The van der Waals surface area contributed by atoms with Gasteiger partial charge in [-0.3, -0.25) is 19.7 Å². The van der Waals surface area contributed by atoms with Gasteiger partial charge in [-0.05, 0) is 72.7 Å². The number of halogens is 2. The van der Waals surface area contributed by atoms with Crippen molar-refractivity contribution in [2.75, 3.05) is 23.4 Å². The number of para-hydroxylation sites is 1. The van der Waals surface area contributed by atoms with Crippen molar-refractivity contribution in [3.8, 4) is 17.2 Å². The van der Waals surface area contributed by atoms with Crippen molar-refractivity contribution in [1.82, 2.24) is 5.32 Å². The van der Waals surface area contributed by atoms with E-state index in [9.17, 15) is 23.6 Å². The van der Waals surface area contributed by atoms with Gasteiger partial charge in [0.05, 0.1) is 23.0 Å². The molecule has 1 aliphatic rings. The summed E-state index contributed by atoms with van der Waals surface area (Å²) < 4.78 is 30.9. The fourth-order valence-electron chi connectivity index (χ4n) is 4.45. The van der Waals surface area contributed by atoms with Gasteiger partial charge in [0.2, 0.25) is 0 Å². The van der Waals surface area contributed by atoms with Crippen LogP contribution >= 0.6 is 11.6 Å². The normalized spacial score (nSPS) is 13.8. The van der Waals surface area contributed by atoms with Gasteiger partial charge in [0, 0.05) is 0 Å². The number of nitrogens with zero attached hydrogens (tertiary/aromatic N) is 1. The van der Waals surface area contributed by atoms with Crippen LogP contribution in [-0.2, 0) is 21.0 Å². The smallest absolute Gasteiger partial charge is 0.335 e. The summed E-state index contributed by atoms with van der Waals surface area (Å²) in [6, 6.07) is 23.5. The zero-order valence-electron chi connectivity index (χ0n) is 24.4. The van der Waals surface area contributed by atoms with E-state index in [1.165, 1.54) is 48.5 Å². The molecule has 1 saturated heterocycles. The van der Waals surface area contributed by atoms with Crippen LogP contribution < -0.4 is 29.7 Å². The molecular formula is C34H27ClFN3O7. The lowest BCUT2D eigenvalue weighted by Gasteiger charge is -2.26. The minimum absolute atomic E-state index is 0.00973. The van der Waals surface area contributed by atoms with Gasteiger partial charge in [0.1, 0.15) is 23.7 Å². The molecule has 0 saturated carbocycles. The van der Waals surface area contributed by atoms with Gasteiger partial charge < -0.3 is 19.5 Å². The lowest BCUT2D eigenvalue weighted by molar-refractivity contribution is -0.122. The highest BCUT2D eigenvalue weighted by Gasteiger charge is 2.37. The van der Waals surface area contributed by atoms with E-state index in [0.29, 0.717) is 12.4 Å². The highest BCUT2D eigenvalue weighted by Crippen LogP contribution is 2.38. The summed E-state index contributed by atoms with van der Waals surface area (Å²) in [5.74, 6) is -2.32. The molecule has 0 spiro atoms. The molecule has 4 aromatic carbocycles. The Morgan fingerprint density at radius 3 is 2.37 bits per heavy atom. The first-order valence-electron chi connectivity index (χ1n) is 14.0. The predicted octanol–water partition coefficient (Wildman–Crippen LogP) is 6.14. The molecule has 12 heteroatoms. The largest absolute Gasteiger partial charge is 0.490 e. The summed E-state index contributed by atoms with van der Waals surface area (Å²) in [7, 11) is 0. The van der Waals surface area contributed by atoms with Crippen LogP contribution in [0.1, 0.15) is 18.1 Å². The molecule has 4 aromatic rings. The SMILES string of the molecule is CCOc1cc(/C=C2/C(=O)NC(=O)N(c3ccc(OCc4ccccc4)cc3)C2=O)cc(Cl)c1OCC(=O)Nc1ccccc1F. The molecule has 5 amide bonds. The molecule has 10 nitrogen and oxygen atoms in total. The maximum atomic E-state index is 13.9. The van der Waals surface area contributed by atoms with Crippen molar-refractivity contribution in [3.63, 3.8) is 0 Å². The van der Waals surface area contributed by atoms with E-state index in [2.05, 4.69) is 10.6 Å². The summed E-state index contributed by atoms with van der Waals surface area (Å²) >= 11 is 6.47. The summed E-state index contributed by atoms with van der Waals surface area (Å²) in [5, 5.41) is 4.60. The molecular weight excluding hydrogens is 617 g/mol. The summed E-state index contributed by atoms with van der Waals surface area (Å²) in [4.78, 5) is 52.1. The number of urea groups is 1. The number of barbiturate groups is 1. The third-order valence-corrected chi connectivity index (χ3v) is 6.86.